The smallest absolute Gasteiger partial charge is 0.191 e. The minimum Gasteiger partial charge on any atom is -0.361 e. The number of aliphatic imine (C=N–C) groups is 1. The SMILES string of the molecule is CN=C(NCCc1c[nH]c2cc(F)ccc12)NCCS(=O)c1ccccc1. The maximum absolute atomic E-state index is 13.3. The second-order valence-electron chi connectivity index (χ2n) is 6.04. The zero-order chi connectivity index (χ0) is 19.1. The number of hydrogen-bond acceptors (Lipinski definition) is 2. The summed E-state index contributed by atoms with van der Waals surface area (Å²) < 4.78 is 25.5. The quantitative estimate of drug-likeness (QED) is 0.432. The number of halogens is 1. The van der Waals surface area contributed by atoms with Crippen LogP contribution in [-0.2, 0) is 17.2 Å². The second kappa shape index (κ2) is 9.32. The van der Waals surface area contributed by atoms with Crippen molar-refractivity contribution < 1.29 is 8.60 Å². The monoisotopic (exact) mass is 386 g/mol. The van der Waals surface area contributed by atoms with Crippen LogP contribution in [0.3, 0.4) is 0 Å². The van der Waals surface area contributed by atoms with E-state index in [-0.39, 0.29) is 5.82 Å². The van der Waals surface area contributed by atoms with Crippen LogP contribution in [0.1, 0.15) is 5.56 Å². The Bertz CT molecular complexity index is 940. The molecule has 0 aliphatic rings. The Morgan fingerprint density at radius 1 is 1.15 bits per heavy atom. The molecule has 0 fully saturated rings. The molecule has 0 spiro atoms. The van der Waals surface area contributed by atoms with E-state index in [4.69, 9.17) is 0 Å². The molecule has 142 valence electrons. The minimum absolute atomic E-state index is 0.244. The van der Waals surface area contributed by atoms with Crippen LogP contribution in [0.15, 0.2) is 64.6 Å². The molecule has 0 amide bonds. The normalized spacial score (nSPS) is 12.9. The number of fused-ring (bicyclic) bond motifs is 1. The van der Waals surface area contributed by atoms with Crippen molar-refractivity contribution in [2.24, 2.45) is 4.99 Å². The lowest BCUT2D eigenvalue weighted by atomic mass is 10.1. The van der Waals surface area contributed by atoms with Crippen molar-refractivity contribution in [3.05, 3.63) is 66.1 Å². The summed E-state index contributed by atoms with van der Waals surface area (Å²) in [6.07, 6.45) is 2.69. The molecule has 3 N–H and O–H groups in total. The summed E-state index contributed by atoms with van der Waals surface area (Å²) in [4.78, 5) is 8.12. The van der Waals surface area contributed by atoms with Gasteiger partial charge in [-0.25, -0.2) is 4.39 Å². The molecule has 2 aromatic carbocycles. The number of nitrogens with zero attached hydrogens (tertiary/aromatic N) is 1. The molecule has 5 nitrogen and oxygen atoms in total. The molecule has 1 atom stereocenters. The molecule has 27 heavy (non-hydrogen) atoms. The van der Waals surface area contributed by atoms with Crippen molar-refractivity contribution in [2.45, 2.75) is 11.3 Å². The zero-order valence-corrected chi connectivity index (χ0v) is 16.0. The van der Waals surface area contributed by atoms with Gasteiger partial charge in [0, 0.05) is 47.9 Å². The third kappa shape index (κ3) is 5.17. The first-order chi connectivity index (χ1) is 13.2. The Kier molecular flexibility index (Phi) is 6.59. The van der Waals surface area contributed by atoms with Crippen LogP contribution in [0, 0.1) is 5.82 Å². The number of benzene rings is 2. The van der Waals surface area contributed by atoms with Crippen LogP contribution in [0.5, 0.6) is 0 Å². The number of aromatic nitrogens is 1. The average Bonchev–Trinajstić information content (AvgIpc) is 3.09. The summed E-state index contributed by atoms with van der Waals surface area (Å²) in [6.45, 7) is 1.25. The summed E-state index contributed by atoms with van der Waals surface area (Å²) in [5.74, 6) is 0.941. The molecule has 3 aromatic rings. The molecule has 0 radical (unpaired) electrons. The van der Waals surface area contributed by atoms with Crippen LogP contribution >= 0.6 is 0 Å². The Labute approximate surface area is 160 Å². The van der Waals surface area contributed by atoms with Gasteiger partial charge in [-0.2, -0.15) is 0 Å². The predicted octanol–water partition coefficient (Wildman–Crippen LogP) is 2.82. The molecule has 0 aliphatic heterocycles. The third-order valence-corrected chi connectivity index (χ3v) is 5.60. The number of guanidine groups is 1. The summed E-state index contributed by atoms with van der Waals surface area (Å²) in [5.41, 5.74) is 1.93. The Hall–Kier alpha value is -2.67. The molecule has 7 heteroatoms. The lowest BCUT2D eigenvalue weighted by Gasteiger charge is -2.11. The van der Waals surface area contributed by atoms with Crippen LogP contribution in [0.2, 0.25) is 0 Å². The van der Waals surface area contributed by atoms with E-state index in [0.717, 1.165) is 27.8 Å². The standard InChI is InChI=1S/C20H23FN4OS/c1-22-20(24-11-12-27(26)17-5-3-2-4-6-17)23-10-9-15-14-25-19-13-16(21)7-8-18(15)19/h2-8,13-14,25H,9-12H2,1H3,(H2,22,23,24). The van der Waals surface area contributed by atoms with Crippen molar-refractivity contribution >= 4 is 27.7 Å². The van der Waals surface area contributed by atoms with E-state index in [2.05, 4.69) is 20.6 Å². The van der Waals surface area contributed by atoms with E-state index in [1.165, 1.54) is 12.1 Å². The van der Waals surface area contributed by atoms with E-state index in [0.29, 0.717) is 24.8 Å². The molecular weight excluding hydrogens is 363 g/mol. The first-order valence-electron chi connectivity index (χ1n) is 8.81. The molecule has 0 bridgehead atoms. The summed E-state index contributed by atoms with van der Waals surface area (Å²) >= 11 is 0. The van der Waals surface area contributed by atoms with Gasteiger partial charge in [0.25, 0.3) is 0 Å². The van der Waals surface area contributed by atoms with E-state index < -0.39 is 10.8 Å². The van der Waals surface area contributed by atoms with E-state index >= 15 is 0 Å². The van der Waals surface area contributed by atoms with Crippen LogP contribution in [0.4, 0.5) is 4.39 Å². The van der Waals surface area contributed by atoms with Crippen molar-refractivity contribution in [3.63, 3.8) is 0 Å². The van der Waals surface area contributed by atoms with Gasteiger partial charge in [0.1, 0.15) is 5.82 Å². The molecule has 3 rings (SSSR count). The maximum atomic E-state index is 13.3. The molecule has 0 saturated heterocycles. The molecule has 1 unspecified atom stereocenters. The Morgan fingerprint density at radius 3 is 2.70 bits per heavy atom. The highest BCUT2D eigenvalue weighted by atomic mass is 32.2. The lowest BCUT2D eigenvalue weighted by molar-refractivity contribution is 0.629. The van der Waals surface area contributed by atoms with Crippen LogP contribution < -0.4 is 10.6 Å². The van der Waals surface area contributed by atoms with Gasteiger partial charge < -0.3 is 15.6 Å². The summed E-state index contributed by atoms with van der Waals surface area (Å²) in [6, 6.07) is 14.2. The molecular formula is C20H23FN4OS. The highest BCUT2D eigenvalue weighted by molar-refractivity contribution is 7.85. The molecule has 0 saturated carbocycles. The predicted molar refractivity (Wildman–Crippen MR) is 109 cm³/mol. The largest absolute Gasteiger partial charge is 0.361 e. The lowest BCUT2D eigenvalue weighted by Crippen LogP contribution is -2.40. The van der Waals surface area contributed by atoms with Gasteiger partial charge in [0.05, 0.1) is 10.8 Å². The number of hydrogen-bond donors (Lipinski definition) is 3. The number of nitrogens with one attached hydrogen (secondary N) is 3. The third-order valence-electron chi connectivity index (χ3n) is 4.23. The number of H-pyrrole nitrogens is 1. The number of aromatic amines is 1. The van der Waals surface area contributed by atoms with E-state index in [1.54, 1.807) is 13.1 Å². The van der Waals surface area contributed by atoms with Gasteiger partial charge in [0.2, 0.25) is 0 Å². The summed E-state index contributed by atoms with van der Waals surface area (Å²) in [7, 11) is 0.677. The van der Waals surface area contributed by atoms with Gasteiger partial charge in [-0.15, -0.1) is 0 Å². The topological polar surface area (TPSA) is 69.3 Å². The van der Waals surface area contributed by atoms with Crippen LogP contribution in [-0.4, -0.2) is 41.0 Å². The first kappa shape index (κ1) is 19.1. The van der Waals surface area contributed by atoms with Crippen molar-refractivity contribution in [3.8, 4) is 0 Å². The highest BCUT2D eigenvalue weighted by Crippen LogP contribution is 2.19. The summed E-state index contributed by atoms with van der Waals surface area (Å²) in [5, 5.41) is 7.46. The fourth-order valence-electron chi connectivity index (χ4n) is 2.85. The molecule has 0 aliphatic carbocycles. The van der Waals surface area contributed by atoms with E-state index in [1.807, 2.05) is 36.5 Å². The van der Waals surface area contributed by atoms with Gasteiger partial charge >= 0.3 is 0 Å². The second-order valence-corrected chi connectivity index (χ2v) is 7.61. The maximum Gasteiger partial charge on any atom is 0.191 e. The molecule has 1 heterocycles. The van der Waals surface area contributed by atoms with Crippen molar-refractivity contribution in [1.29, 1.82) is 0 Å². The van der Waals surface area contributed by atoms with Crippen LogP contribution in [0.25, 0.3) is 10.9 Å². The average molecular weight is 386 g/mol. The zero-order valence-electron chi connectivity index (χ0n) is 15.2. The van der Waals surface area contributed by atoms with Crippen molar-refractivity contribution in [2.75, 3.05) is 25.9 Å². The Morgan fingerprint density at radius 2 is 1.93 bits per heavy atom. The van der Waals surface area contributed by atoms with Gasteiger partial charge in [0.15, 0.2) is 5.96 Å². The fraction of sp³-hybridized carbons (Fsp3) is 0.250. The van der Waals surface area contributed by atoms with Crippen molar-refractivity contribution in [1.82, 2.24) is 15.6 Å². The highest BCUT2D eigenvalue weighted by Gasteiger charge is 2.06. The van der Waals surface area contributed by atoms with E-state index in [9.17, 15) is 8.60 Å². The number of rotatable bonds is 7. The first-order valence-corrected chi connectivity index (χ1v) is 10.1. The molecule has 1 aromatic heterocycles. The van der Waals surface area contributed by atoms with Gasteiger partial charge in [-0.05, 0) is 42.3 Å². The van der Waals surface area contributed by atoms with Gasteiger partial charge in [-0.3, -0.25) is 9.20 Å². The minimum atomic E-state index is -1.03. The Balaban J connectivity index is 1.44. The fourth-order valence-corrected chi connectivity index (χ4v) is 3.84. The van der Waals surface area contributed by atoms with Gasteiger partial charge in [-0.1, -0.05) is 18.2 Å².